The molecule has 1 saturated heterocycles. The standard InChI is InChI=1S/C25H26NO9.BrH/c1-31-17-3-2-12-6-16-14-8-19-18(32-11-33-19)7-13(14)4-5-26(16)9-15(12)24(17)35-25-23(30)22(29)21(28)20(10-27)34-25;/h2-3,6-9,20-23,25,27-30H,4-5,10-11H2,1H3;1H/q+1;/p-1/t20-,21+,22+,23-,25?;/m1./s1. The number of aliphatic hydroxyl groups is 4. The number of nitrogens with zero attached hydrogens (tertiary/aromatic N) is 1. The second-order valence-corrected chi connectivity index (χ2v) is 8.88. The summed E-state index contributed by atoms with van der Waals surface area (Å²) in [6.07, 6.45) is -4.19. The zero-order valence-electron chi connectivity index (χ0n) is 19.3. The number of fused-ring (bicyclic) bond motifs is 5. The first-order valence-corrected chi connectivity index (χ1v) is 11.4. The molecule has 4 N–H and O–H groups in total. The topological polar surface area (TPSA) is 131 Å². The summed E-state index contributed by atoms with van der Waals surface area (Å²) in [6, 6.07) is 9.75. The molecule has 1 fully saturated rings. The van der Waals surface area contributed by atoms with Gasteiger partial charge in [0.15, 0.2) is 35.7 Å². The maximum absolute atomic E-state index is 10.5. The lowest BCUT2D eigenvalue weighted by atomic mass is 9.95. The van der Waals surface area contributed by atoms with E-state index >= 15 is 0 Å². The van der Waals surface area contributed by atoms with E-state index < -0.39 is 37.3 Å². The number of benzene rings is 2. The van der Waals surface area contributed by atoms with Crippen molar-refractivity contribution in [2.45, 2.75) is 43.7 Å². The Morgan fingerprint density at radius 2 is 1.81 bits per heavy atom. The molecule has 0 amide bonds. The van der Waals surface area contributed by atoms with Crippen molar-refractivity contribution in [3.63, 3.8) is 0 Å². The molecule has 36 heavy (non-hydrogen) atoms. The molecule has 6 rings (SSSR count). The number of ether oxygens (including phenoxy) is 5. The largest absolute Gasteiger partial charge is 1.00 e. The summed E-state index contributed by atoms with van der Waals surface area (Å²) >= 11 is 0. The number of halogens is 1. The third-order valence-corrected chi connectivity index (χ3v) is 6.88. The quantitative estimate of drug-likeness (QED) is 0.250. The third kappa shape index (κ3) is 3.96. The summed E-state index contributed by atoms with van der Waals surface area (Å²) in [5, 5.41) is 41.8. The molecule has 3 aromatic rings. The highest BCUT2D eigenvalue weighted by Gasteiger charge is 2.45. The molecule has 0 bridgehead atoms. The van der Waals surface area contributed by atoms with Gasteiger partial charge in [0.05, 0.1) is 24.7 Å². The zero-order chi connectivity index (χ0) is 24.3. The van der Waals surface area contributed by atoms with Crippen molar-refractivity contribution in [2.24, 2.45) is 0 Å². The maximum atomic E-state index is 10.5. The van der Waals surface area contributed by atoms with Gasteiger partial charge in [-0.15, -0.1) is 0 Å². The number of aliphatic hydroxyl groups excluding tert-OH is 4. The van der Waals surface area contributed by atoms with E-state index in [2.05, 4.69) is 10.6 Å². The van der Waals surface area contributed by atoms with Crippen molar-refractivity contribution >= 4 is 10.8 Å². The molecule has 5 atom stereocenters. The van der Waals surface area contributed by atoms with Gasteiger partial charge in [-0.05, 0) is 35.2 Å². The Morgan fingerprint density at radius 1 is 1.03 bits per heavy atom. The van der Waals surface area contributed by atoms with Gasteiger partial charge in [-0.2, -0.15) is 4.57 Å². The molecular weight excluding hydrogens is 538 g/mol. The van der Waals surface area contributed by atoms with Crippen LogP contribution in [0.3, 0.4) is 0 Å². The highest BCUT2D eigenvalue weighted by molar-refractivity contribution is 5.91. The van der Waals surface area contributed by atoms with Crippen LogP contribution in [0.15, 0.2) is 36.5 Å². The Kier molecular flexibility index (Phi) is 6.70. The first-order valence-electron chi connectivity index (χ1n) is 11.4. The summed E-state index contributed by atoms with van der Waals surface area (Å²) in [5.41, 5.74) is 3.26. The van der Waals surface area contributed by atoms with Crippen LogP contribution in [-0.4, -0.2) is 71.6 Å². The molecular formula is C25H26BrNO9. The molecule has 10 nitrogen and oxygen atoms in total. The van der Waals surface area contributed by atoms with Gasteiger partial charge in [-0.3, -0.25) is 0 Å². The van der Waals surface area contributed by atoms with Crippen LogP contribution in [0.2, 0.25) is 0 Å². The van der Waals surface area contributed by atoms with Crippen LogP contribution in [0, 0.1) is 0 Å². The molecule has 11 heteroatoms. The van der Waals surface area contributed by atoms with Crippen LogP contribution < -0.4 is 40.5 Å². The van der Waals surface area contributed by atoms with E-state index in [1.54, 1.807) is 6.07 Å². The van der Waals surface area contributed by atoms with Crippen molar-refractivity contribution in [2.75, 3.05) is 20.5 Å². The molecule has 3 aliphatic rings. The molecule has 3 aliphatic heterocycles. The highest BCUT2D eigenvalue weighted by atomic mass is 79.9. The monoisotopic (exact) mass is 563 g/mol. The number of aryl methyl sites for hydroxylation is 2. The fraction of sp³-hybridized carbons (Fsp3) is 0.400. The van der Waals surface area contributed by atoms with E-state index in [1.807, 2.05) is 24.4 Å². The third-order valence-electron chi connectivity index (χ3n) is 6.88. The fourth-order valence-corrected chi connectivity index (χ4v) is 4.96. The Bertz CT molecular complexity index is 1300. The summed E-state index contributed by atoms with van der Waals surface area (Å²) in [5.74, 6) is 2.22. The van der Waals surface area contributed by atoms with E-state index in [0.29, 0.717) is 16.9 Å². The van der Waals surface area contributed by atoms with Crippen LogP contribution in [0.5, 0.6) is 23.0 Å². The minimum absolute atomic E-state index is 0. The summed E-state index contributed by atoms with van der Waals surface area (Å²) in [4.78, 5) is 0. The normalized spacial score (nSPS) is 26.1. The van der Waals surface area contributed by atoms with Gasteiger partial charge >= 0.3 is 0 Å². The first kappa shape index (κ1) is 25.0. The van der Waals surface area contributed by atoms with Crippen LogP contribution in [0.25, 0.3) is 22.0 Å². The second kappa shape index (κ2) is 9.66. The second-order valence-electron chi connectivity index (χ2n) is 8.88. The van der Waals surface area contributed by atoms with Crippen molar-refractivity contribution < 1.29 is 65.7 Å². The average Bonchev–Trinajstić information content (AvgIpc) is 3.34. The molecule has 0 radical (unpaired) electrons. The van der Waals surface area contributed by atoms with Gasteiger partial charge in [-0.1, -0.05) is 0 Å². The van der Waals surface area contributed by atoms with Crippen LogP contribution >= 0.6 is 0 Å². The Hall–Kier alpha value is -2.67. The predicted octanol–water partition coefficient (Wildman–Crippen LogP) is -2.73. The molecule has 192 valence electrons. The molecule has 0 spiro atoms. The van der Waals surface area contributed by atoms with E-state index in [0.717, 1.165) is 41.1 Å². The smallest absolute Gasteiger partial charge is 0.231 e. The lowest BCUT2D eigenvalue weighted by Gasteiger charge is -2.39. The van der Waals surface area contributed by atoms with E-state index in [1.165, 1.54) is 12.7 Å². The number of methoxy groups -OCH3 is 1. The van der Waals surface area contributed by atoms with Crippen LogP contribution in [-0.2, 0) is 17.7 Å². The first-order chi connectivity index (χ1) is 17.0. The van der Waals surface area contributed by atoms with Gasteiger partial charge < -0.3 is 61.1 Å². The van der Waals surface area contributed by atoms with Gasteiger partial charge in [-0.25, -0.2) is 0 Å². The summed E-state index contributed by atoms with van der Waals surface area (Å²) in [6.45, 7) is 0.404. The molecule has 4 heterocycles. The minimum atomic E-state index is -1.54. The van der Waals surface area contributed by atoms with Crippen molar-refractivity contribution in [3.8, 4) is 34.3 Å². The molecule has 0 saturated carbocycles. The molecule has 0 aliphatic carbocycles. The number of hydrogen-bond acceptors (Lipinski definition) is 9. The average molecular weight is 564 g/mol. The summed E-state index contributed by atoms with van der Waals surface area (Å²) < 4.78 is 30.4. The molecule has 2 aromatic carbocycles. The van der Waals surface area contributed by atoms with Gasteiger partial charge in [0.1, 0.15) is 24.4 Å². The Balaban J connectivity index is 0.00000267. The number of rotatable bonds is 4. The lowest BCUT2D eigenvalue weighted by Crippen LogP contribution is -3.00. The number of pyridine rings is 1. The van der Waals surface area contributed by atoms with Crippen molar-refractivity contribution in [3.05, 3.63) is 42.1 Å². The maximum Gasteiger partial charge on any atom is 0.231 e. The van der Waals surface area contributed by atoms with Gasteiger partial charge in [0.2, 0.25) is 18.8 Å². The minimum Gasteiger partial charge on any atom is -1.00 e. The highest BCUT2D eigenvalue weighted by Crippen LogP contribution is 2.42. The van der Waals surface area contributed by atoms with Crippen LogP contribution in [0.1, 0.15) is 5.56 Å². The van der Waals surface area contributed by atoms with Crippen LogP contribution in [0.4, 0.5) is 0 Å². The van der Waals surface area contributed by atoms with Gasteiger partial charge in [0, 0.05) is 12.5 Å². The van der Waals surface area contributed by atoms with Crippen molar-refractivity contribution in [1.82, 2.24) is 0 Å². The Labute approximate surface area is 216 Å². The predicted molar refractivity (Wildman–Crippen MR) is 120 cm³/mol. The molecule has 1 unspecified atom stereocenters. The Morgan fingerprint density at radius 3 is 2.56 bits per heavy atom. The van der Waals surface area contributed by atoms with E-state index in [-0.39, 0.29) is 23.8 Å². The summed E-state index contributed by atoms with van der Waals surface area (Å²) in [7, 11) is 1.51. The fourth-order valence-electron chi connectivity index (χ4n) is 4.96. The van der Waals surface area contributed by atoms with Gasteiger partial charge in [0.25, 0.3) is 0 Å². The zero-order valence-corrected chi connectivity index (χ0v) is 20.9. The van der Waals surface area contributed by atoms with Crippen molar-refractivity contribution in [1.29, 1.82) is 0 Å². The molecule has 1 aromatic heterocycles. The van der Waals surface area contributed by atoms with E-state index in [9.17, 15) is 20.4 Å². The number of aromatic nitrogens is 1. The van der Waals surface area contributed by atoms with E-state index in [4.69, 9.17) is 23.7 Å². The SMILES string of the molecule is COc1ccc2cc3[n+](cc2c1OC1O[C@H](CO)[C@H](O)[C@H](O)[C@H]1O)CCc1cc2c(cc1-3)OCO2.[Br-]. The lowest BCUT2D eigenvalue weighted by molar-refractivity contribution is -0.686. The number of hydrogen-bond donors (Lipinski definition) is 4.